The predicted molar refractivity (Wildman–Crippen MR) is 81.6 cm³/mol. The lowest BCUT2D eigenvalue weighted by Gasteiger charge is -2.25. The standard InChI is InChI=1S/C16H21F3N2O3/c1-11-6-7-21(14(11)9-22)15(23)20-8-12-2-4-13(5-3-12)24-10-16(17,18)19/h2-5,11,14,22H,6-10H2,1H3,(H,20,23)/t11-,14-/m0/s1. The van der Waals surface area contributed by atoms with E-state index < -0.39 is 12.8 Å². The van der Waals surface area contributed by atoms with Gasteiger partial charge in [-0.2, -0.15) is 13.2 Å². The van der Waals surface area contributed by atoms with Gasteiger partial charge in [-0.25, -0.2) is 4.79 Å². The second kappa shape index (κ2) is 7.74. The summed E-state index contributed by atoms with van der Waals surface area (Å²) in [6.07, 6.45) is -3.52. The summed E-state index contributed by atoms with van der Waals surface area (Å²) in [5.74, 6) is 0.377. The summed E-state index contributed by atoms with van der Waals surface area (Å²) in [4.78, 5) is 13.8. The monoisotopic (exact) mass is 346 g/mol. The number of halogens is 3. The maximum atomic E-state index is 12.2. The van der Waals surface area contributed by atoms with Crippen molar-refractivity contribution >= 4 is 6.03 Å². The largest absolute Gasteiger partial charge is 0.484 e. The fraction of sp³-hybridized carbons (Fsp3) is 0.562. The van der Waals surface area contributed by atoms with Crippen molar-refractivity contribution in [3.05, 3.63) is 29.8 Å². The van der Waals surface area contributed by atoms with Gasteiger partial charge in [0.15, 0.2) is 6.61 Å². The highest BCUT2D eigenvalue weighted by atomic mass is 19.4. The molecule has 2 atom stereocenters. The Morgan fingerprint density at radius 1 is 1.38 bits per heavy atom. The fourth-order valence-electron chi connectivity index (χ4n) is 2.69. The fourth-order valence-corrected chi connectivity index (χ4v) is 2.69. The highest BCUT2D eigenvalue weighted by Crippen LogP contribution is 2.23. The first-order valence-electron chi connectivity index (χ1n) is 7.74. The number of ether oxygens (including phenoxy) is 1. The van der Waals surface area contributed by atoms with Gasteiger partial charge in [-0.3, -0.25) is 0 Å². The smallest absolute Gasteiger partial charge is 0.422 e. The molecule has 0 bridgehead atoms. The zero-order valence-electron chi connectivity index (χ0n) is 13.3. The van der Waals surface area contributed by atoms with Gasteiger partial charge in [0.25, 0.3) is 0 Å². The van der Waals surface area contributed by atoms with Gasteiger partial charge in [-0.15, -0.1) is 0 Å². The first kappa shape index (κ1) is 18.4. The van der Waals surface area contributed by atoms with Crippen LogP contribution >= 0.6 is 0 Å². The molecule has 8 heteroatoms. The van der Waals surface area contributed by atoms with E-state index in [1.165, 1.54) is 12.1 Å². The van der Waals surface area contributed by atoms with Gasteiger partial charge in [0.2, 0.25) is 0 Å². The number of urea groups is 1. The lowest BCUT2D eigenvalue weighted by Crippen LogP contribution is -2.45. The molecule has 1 aliphatic heterocycles. The van der Waals surface area contributed by atoms with Crippen molar-refractivity contribution in [1.82, 2.24) is 10.2 Å². The average Bonchev–Trinajstić information content (AvgIpc) is 2.91. The number of nitrogens with zero attached hydrogens (tertiary/aromatic N) is 1. The molecular formula is C16H21F3N2O3. The number of rotatable bonds is 5. The van der Waals surface area contributed by atoms with Crippen LogP contribution in [0.3, 0.4) is 0 Å². The van der Waals surface area contributed by atoms with Gasteiger partial charge in [0, 0.05) is 13.1 Å². The number of likely N-dealkylation sites (tertiary alicyclic amines) is 1. The van der Waals surface area contributed by atoms with E-state index in [-0.39, 0.29) is 36.9 Å². The number of benzene rings is 1. The van der Waals surface area contributed by atoms with Crippen LogP contribution in [0.4, 0.5) is 18.0 Å². The van der Waals surface area contributed by atoms with Crippen LogP contribution in [0.1, 0.15) is 18.9 Å². The summed E-state index contributed by atoms with van der Waals surface area (Å²) in [5.41, 5.74) is 0.746. The van der Waals surface area contributed by atoms with Crippen molar-refractivity contribution in [2.75, 3.05) is 19.8 Å². The van der Waals surface area contributed by atoms with Gasteiger partial charge in [-0.1, -0.05) is 19.1 Å². The minimum Gasteiger partial charge on any atom is -0.484 e. The van der Waals surface area contributed by atoms with Gasteiger partial charge in [0.1, 0.15) is 5.75 Å². The highest BCUT2D eigenvalue weighted by Gasteiger charge is 2.33. The number of alkyl halides is 3. The van der Waals surface area contributed by atoms with Crippen LogP contribution < -0.4 is 10.1 Å². The molecule has 24 heavy (non-hydrogen) atoms. The molecule has 1 aromatic rings. The third-order valence-electron chi connectivity index (χ3n) is 4.10. The minimum absolute atomic E-state index is 0.0696. The number of nitrogens with one attached hydrogen (secondary N) is 1. The number of hydrogen-bond acceptors (Lipinski definition) is 3. The molecule has 1 saturated heterocycles. The van der Waals surface area contributed by atoms with E-state index in [0.717, 1.165) is 12.0 Å². The van der Waals surface area contributed by atoms with Crippen LogP contribution in [-0.4, -0.2) is 48.0 Å². The van der Waals surface area contributed by atoms with E-state index in [1.54, 1.807) is 17.0 Å². The highest BCUT2D eigenvalue weighted by molar-refractivity contribution is 5.75. The van der Waals surface area contributed by atoms with Gasteiger partial charge in [-0.05, 0) is 30.0 Å². The number of aliphatic hydroxyl groups is 1. The molecule has 0 spiro atoms. The molecule has 1 heterocycles. The second-order valence-electron chi connectivity index (χ2n) is 5.92. The minimum atomic E-state index is -4.37. The maximum Gasteiger partial charge on any atom is 0.422 e. The Bertz CT molecular complexity index is 548. The molecule has 0 saturated carbocycles. The lowest BCUT2D eigenvalue weighted by molar-refractivity contribution is -0.153. The molecule has 1 fully saturated rings. The van der Waals surface area contributed by atoms with E-state index in [1.807, 2.05) is 6.92 Å². The molecule has 2 N–H and O–H groups in total. The van der Waals surface area contributed by atoms with E-state index in [2.05, 4.69) is 10.1 Å². The maximum absolute atomic E-state index is 12.2. The van der Waals surface area contributed by atoms with Gasteiger partial charge in [0.05, 0.1) is 12.6 Å². The SMILES string of the molecule is C[C@H]1CCN(C(=O)NCc2ccc(OCC(F)(F)F)cc2)[C@H]1CO. The molecule has 1 aliphatic rings. The predicted octanol–water partition coefficient (Wildman–Crippen LogP) is 2.54. The Labute approximate surface area is 138 Å². The number of aliphatic hydroxyl groups excluding tert-OH is 1. The quantitative estimate of drug-likeness (QED) is 0.861. The van der Waals surface area contributed by atoms with Crippen molar-refractivity contribution in [2.24, 2.45) is 5.92 Å². The molecule has 2 rings (SSSR count). The Kier molecular flexibility index (Phi) is 5.93. The molecule has 1 aromatic carbocycles. The van der Waals surface area contributed by atoms with Crippen LogP contribution in [-0.2, 0) is 6.54 Å². The van der Waals surface area contributed by atoms with E-state index >= 15 is 0 Å². The number of hydrogen-bond donors (Lipinski definition) is 2. The Morgan fingerprint density at radius 3 is 2.62 bits per heavy atom. The summed E-state index contributed by atoms with van der Waals surface area (Å²) in [5, 5.41) is 12.1. The third-order valence-corrected chi connectivity index (χ3v) is 4.10. The third kappa shape index (κ3) is 5.02. The summed E-state index contributed by atoms with van der Waals surface area (Å²) in [6.45, 7) is 1.44. The molecule has 134 valence electrons. The van der Waals surface area contributed by atoms with E-state index in [4.69, 9.17) is 0 Å². The van der Waals surface area contributed by atoms with Crippen molar-refractivity contribution in [3.63, 3.8) is 0 Å². The average molecular weight is 346 g/mol. The molecule has 5 nitrogen and oxygen atoms in total. The van der Waals surface area contributed by atoms with Crippen molar-refractivity contribution in [1.29, 1.82) is 0 Å². The molecule has 0 radical (unpaired) electrons. The van der Waals surface area contributed by atoms with Crippen LogP contribution in [0.5, 0.6) is 5.75 Å². The van der Waals surface area contributed by atoms with Crippen LogP contribution in [0.15, 0.2) is 24.3 Å². The van der Waals surface area contributed by atoms with Crippen molar-refractivity contribution in [2.45, 2.75) is 32.1 Å². The first-order chi connectivity index (χ1) is 11.3. The normalized spacial score (nSPS) is 21.0. The molecule has 2 amide bonds. The van der Waals surface area contributed by atoms with Crippen LogP contribution in [0.25, 0.3) is 0 Å². The number of amides is 2. The van der Waals surface area contributed by atoms with Crippen LogP contribution in [0.2, 0.25) is 0 Å². The molecule has 0 aliphatic carbocycles. The Morgan fingerprint density at radius 2 is 2.04 bits per heavy atom. The van der Waals surface area contributed by atoms with Crippen molar-refractivity contribution in [3.8, 4) is 5.75 Å². The lowest BCUT2D eigenvalue weighted by atomic mass is 10.0. The molecular weight excluding hydrogens is 325 g/mol. The molecule has 0 unspecified atom stereocenters. The summed E-state index contributed by atoms with van der Waals surface area (Å²) in [7, 11) is 0. The number of carbonyl (C=O) groups excluding carboxylic acids is 1. The van der Waals surface area contributed by atoms with Crippen molar-refractivity contribution < 1.29 is 27.8 Å². The topological polar surface area (TPSA) is 61.8 Å². The molecule has 0 aromatic heterocycles. The first-order valence-corrected chi connectivity index (χ1v) is 7.74. The van der Waals surface area contributed by atoms with Gasteiger partial charge >= 0.3 is 12.2 Å². The van der Waals surface area contributed by atoms with E-state index in [9.17, 15) is 23.1 Å². The van der Waals surface area contributed by atoms with Crippen LogP contribution in [0, 0.1) is 5.92 Å². The zero-order chi connectivity index (χ0) is 17.7. The number of carbonyl (C=O) groups is 1. The Hall–Kier alpha value is -1.96. The summed E-state index contributed by atoms with van der Waals surface area (Å²) in [6, 6.07) is 5.63. The van der Waals surface area contributed by atoms with E-state index in [0.29, 0.717) is 6.54 Å². The Balaban J connectivity index is 1.83. The summed E-state index contributed by atoms with van der Waals surface area (Å²) >= 11 is 0. The zero-order valence-corrected chi connectivity index (χ0v) is 13.3. The second-order valence-corrected chi connectivity index (χ2v) is 5.92. The van der Waals surface area contributed by atoms with Gasteiger partial charge < -0.3 is 20.1 Å². The summed E-state index contributed by atoms with van der Waals surface area (Å²) < 4.78 is 40.8.